The van der Waals surface area contributed by atoms with Crippen molar-refractivity contribution in [1.82, 2.24) is 15.5 Å². The lowest BCUT2D eigenvalue weighted by Crippen LogP contribution is -2.23. The average molecular weight is 223 g/mol. The van der Waals surface area contributed by atoms with Gasteiger partial charge in [0.15, 0.2) is 5.82 Å². The molecule has 0 amide bonds. The second-order valence-electron chi connectivity index (χ2n) is 4.60. The summed E-state index contributed by atoms with van der Waals surface area (Å²) in [5.74, 6) is 1.93. The minimum absolute atomic E-state index is 0.342. The zero-order chi connectivity index (χ0) is 10.8. The first-order valence-corrected chi connectivity index (χ1v) is 6.05. The molecule has 16 heavy (non-hydrogen) atoms. The standard InChI is InChI=1S/C11H17N3O2/c1-2-9(12-4-1)6-10-13-11(14-16-10)8-3-5-15-7-8/h8-9,12H,1-7H2. The van der Waals surface area contributed by atoms with Crippen molar-refractivity contribution in [3.63, 3.8) is 0 Å². The fourth-order valence-corrected chi connectivity index (χ4v) is 2.40. The van der Waals surface area contributed by atoms with Crippen molar-refractivity contribution in [1.29, 1.82) is 0 Å². The van der Waals surface area contributed by atoms with E-state index in [2.05, 4.69) is 15.5 Å². The lowest BCUT2D eigenvalue weighted by molar-refractivity contribution is 0.192. The molecule has 2 aliphatic heterocycles. The summed E-state index contributed by atoms with van der Waals surface area (Å²) in [6, 6.07) is 0.521. The zero-order valence-electron chi connectivity index (χ0n) is 9.32. The minimum atomic E-state index is 0.342. The van der Waals surface area contributed by atoms with Gasteiger partial charge in [-0.15, -0.1) is 0 Å². The third-order valence-electron chi connectivity index (χ3n) is 3.36. The summed E-state index contributed by atoms with van der Waals surface area (Å²) in [6.07, 6.45) is 4.34. The largest absolute Gasteiger partial charge is 0.381 e. The molecule has 0 aromatic carbocycles. The number of nitrogens with zero attached hydrogens (tertiary/aromatic N) is 2. The Labute approximate surface area is 94.6 Å². The Morgan fingerprint density at radius 3 is 3.12 bits per heavy atom. The Morgan fingerprint density at radius 2 is 2.38 bits per heavy atom. The molecule has 2 fully saturated rings. The first kappa shape index (κ1) is 10.2. The highest BCUT2D eigenvalue weighted by atomic mass is 16.5. The van der Waals surface area contributed by atoms with Crippen molar-refractivity contribution >= 4 is 0 Å². The van der Waals surface area contributed by atoms with Gasteiger partial charge in [-0.3, -0.25) is 0 Å². The van der Waals surface area contributed by atoms with Gasteiger partial charge in [-0.25, -0.2) is 0 Å². The smallest absolute Gasteiger partial charge is 0.228 e. The minimum Gasteiger partial charge on any atom is -0.381 e. The summed E-state index contributed by atoms with van der Waals surface area (Å²) in [5.41, 5.74) is 0. The fourth-order valence-electron chi connectivity index (χ4n) is 2.40. The normalized spacial score (nSPS) is 30.0. The molecule has 2 saturated heterocycles. The van der Waals surface area contributed by atoms with Crippen LogP contribution in [0.3, 0.4) is 0 Å². The maximum absolute atomic E-state index is 5.32. The molecule has 5 heteroatoms. The van der Waals surface area contributed by atoms with Crippen molar-refractivity contribution < 1.29 is 9.26 Å². The van der Waals surface area contributed by atoms with E-state index in [0.717, 1.165) is 44.3 Å². The molecule has 5 nitrogen and oxygen atoms in total. The highest BCUT2D eigenvalue weighted by Gasteiger charge is 2.24. The van der Waals surface area contributed by atoms with E-state index in [1.165, 1.54) is 12.8 Å². The molecule has 88 valence electrons. The SMILES string of the molecule is C1CNC(Cc2nc(C3CCOC3)no2)C1. The number of nitrogens with one attached hydrogen (secondary N) is 1. The Bertz CT molecular complexity index is 341. The van der Waals surface area contributed by atoms with Crippen LogP contribution in [0.1, 0.15) is 36.9 Å². The number of hydrogen-bond donors (Lipinski definition) is 1. The molecule has 1 N–H and O–H groups in total. The molecule has 2 unspecified atom stereocenters. The van der Waals surface area contributed by atoms with Crippen molar-refractivity contribution in [2.45, 2.75) is 37.6 Å². The van der Waals surface area contributed by atoms with Crippen LogP contribution in [0.4, 0.5) is 0 Å². The van der Waals surface area contributed by atoms with Crippen LogP contribution in [0.15, 0.2) is 4.52 Å². The van der Waals surface area contributed by atoms with Crippen molar-refractivity contribution in [3.05, 3.63) is 11.7 Å². The summed E-state index contributed by atoms with van der Waals surface area (Å²) >= 11 is 0. The number of hydrogen-bond acceptors (Lipinski definition) is 5. The van der Waals surface area contributed by atoms with Crippen LogP contribution >= 0.6 is 0 Å². The van der Waals surface area contributed by atoms with E-state index in [0.29, 0.717) is 12.0 Å². The highest BCUT2D eigenvalue weighted by molar-refractivity contribution is 4.98. The van der Waals surface area contributed by atoms with E-state index < -0.39 is 0 Å². The van der Waals surface area contributed by atoms with Gasteiger partial charge in [0.05, 0.1) is 6.61 Å². The highest BCUT2D eigenvalue weighted by Crippen LogP contribution is 2.23. The third-order valence-corrected chi connectivity index (χ3v) is 3.36. The van der Waals surface area contributed by atoms with Gasteiger partial charge >= 0.3 is 0 Å². The number of aromatic nitrogens is 2. The van der Waals surface area contributed by atoms with Gasteiger partial charge in [0.2, 0.25) is 5.89 Å². The average Bonchev–Trinajstić information content (AvgIpc) is 2.99. The second kappa shape index (κ2) is 4.51. The second-order valence-corrected chi connectivity index (χ2v) is 4.60. The van der Waals surface area contributed by atoms with E-state index in [9.17, 15) is 0 Å². The predicted molar refractivity (Wildman–Crippen MR) is 57.2 cm³/mol. The number of ether oxygens (including phenoxy) is 1. The predicted octanol–water partition coefficient (Wildman–Crippen LogP) is 0.868. The van der Waals surface area contributed by atoms with Gasteiger partial charge in [0, 0.05) is 25.0 Å². The summed E-state index contributed by atoms with van der Waals surface area (Å²) in [5, 5.41) is 7.48. The number of rotatable bonds is 3. The molecule has 0 spiro atoms. The molecule has 0 saturated carbocycles. The van der Waals surface area contributed by atoms with Crippen molar-refractivity contribution in [3.8, 4) is 0 Å². The van der Waals surface area contributed by atoms with Gasteiger partial charge in [-0.2, -0.15) is 4.98 Å². The molecule has 2 aliphatic rings. The fraction of sp³-hybridized carbons (Fsp3) is 0.818. The van der Waals surface area contributed by atoms with E-state index in [-0.39, 0.29) is 0 Å². The van der Waals surface area contributed by atoms with E-state index in [1.54, 1.807) is 0 Å². The molecule has 0 radical (unpaired) electrons. The molecule has 2 atom stereocenters. The molecule has 1 aromatic rings. The molecule has 3 rings (SSSR count). The zero-order valence-corrected chi connectivity index (χ0v) is 9.32. The van der Waals surface area contributed by atoms with Crippen molar-refractivity contribution in [2.75, 3.05) is 19.8 Å². The Balaban J connectivity index is 1.62. The summed E-state index contributed by atoms with van der Waals surface area (Å²) < 4.78 is 10.6. The first-order chi connectivity index (χ1) is 7.92. The quantitative estimate of drug-likeness (QED) is 0.823. The topological polar surface area (TPSA) is 60.2 Å². The molecular formula is C11H17N3O2. The maximum atomic E-state index is 5.32. The third kappa shape index (κ3) is 2.10. The Kier molecular flexibility index (Phi) is 2.88. The van der Waals surface area contributed by atoms with E-state index >= 15 is 0 Å². The lowest BCUT2D eigenvalue weighted by atomic mass is 10.1. The van der Waals surface area contributed by atoms with Gasteiger partial charge in [-0.05, 0) is 25.8 Å². The molecule has 3 heterocycles. The van der Waals surface area contributed by atoms with E-state index in [1.807, 2.05) is 0 Å². The van der Waals surface area contributed by atoms with Crippen molar-refractivity contribution in [2.24, 2.45) is 0 Å². The summed E-state index contributed by atoms with van der Waals surface area (Å²) in [7, 11) is 0. The van der Waals surface area contributed by atoms with Crippen LogP contribution < -0.4 is 5.32 Å². The maximum Gasteiger partial charge on any atom is 0.228 e. The summed E-state index contributed by atoms with van der Waals surface area (Å²) in [6.45, 7) is 2.67. The Hall–Kier alpha value is -0.940. The Morgan fingerprint density at radius 1 is 1.38 bits per heavy atom. The molecular weight excluding hydrogens is 206 g/mol. The van der Waals surface area contributed by atoms with Crippen LogP contribution in [-0.2, 0) is 11.2 Å². The molecule has 0 aliphatic carbocycles. The van der Waals surface area contributed by atoms with Crippen LogP contribution in [0.5, 0.6) is 0 Å². The van der Waals surface area contributed by atoms with Gasteiger partial charge in [-0.1, -0.05) is 5.16 Å². The lowest BCUT2D eigenvalue weighted by Gasteiger charge is -2.04. The first-order valence-electron chi connectivity index (χ1n) is 6.05. The van der Waals surface area contributed by atoms with Crippen LogP contribution in [0, 0.1) is 0 Å². The summed E-state index contributed by atoms with van der Waals surface area (Å²) in [4.78, 5) is 4.46. The van der Waals surface area contributed by atoms with Gasteiger partial charge in [0.25, 0.3) is 0 Å². The molecule has 0 bridgehead atoms. The van der Waals surface area contributed by atoms with E-state index in [4.69, 9.17) is 9.26 Å². The molecule has 1 aromatic heterocycles. The monoisotopic (exact) mass is 223 g/mol. The van der Waals surface area contributed by atoms with Gasteiger partial charge in [0.1, 0.15) is 0 Å². The van der Waals surface area contributed by atoms with Crippen LogP contribution in [-0.4, -0.2) is 35.9 Å². The van der Waals surface area contributed by atoms with Gasteiger partial charge < -0.3 is 14.6 Å². The van der Waals surface area contributed by atoms with Crippen LogP contribution in [0.2, 0.25) is 0 Å². The van der Waals surface area contributed by atoms with Crippen LogP contribution in [0.25, 0.3) is 0 Å².